The first kappa shape index (κ1) is 30.7. The van der Waals surface area contributed by atoms with Crippen molar-refractivity contribution in [3.63, 3.8) is 0 Å². The second kappa shape index (κ2) is 14.0. The predicted molar refractivity (Wildman–Crippen MR) is 146 cm³/mol. The maximum atomic E-state index is 12.6. The number of ether oxygens (including phenoxy) is 1. The fourth-order valence-electron chi connectivity index (χ4n) is 4.45. The van der Waals surface area contributed by atoms with Crippen molar-refractivity contribution in [1.82, 2.24) is 24.7 Å². The first-order valence-electron chi connectivity index (χ1n) is 13.1. The monoisotopic (exact) mass is 559 g/mol. The number of carbonyl (C=O) groups is 1. The molecule has 0 spiro atoms. The summed E-state index contributed by atoms with van der Waals surface area (Å²) in [4.78, 5) is 29.6. The molecule has 1 unspecified atom stereocenters. The van der Waals surface area contributed by atoms with Gasteiger partial charge in [-0.1, -0.05) is 24.8 Å². The zero-order valence-electron chi connectivity index (χ0n) is 23.2. The van der Waals surface area contributed by atoms with Crippen LogP contribution in [0.15, 0.2) is 48.7 Å². The highest BCUT2D eigenvalue weighted by Gasteiger charge is 2.33. The van der Waals surface area contributed by atoms with Crippen molar-refractivity contribution in [1.29, 1.82) is 5.26 Å². The van der Waals surface area contributed by atoms with Crippen LogP contribution in [0.5, 0.6) is 6.01 Å². The van der Waals surface area contributed by atoms with Crippen LogP contribution >= 0.6 is 0 Å². The Bertz CT molecular complexity index is 1190. The van der Waals surface area contributed by atoms with Crippen LogP contribution in [0.4, 0.5) is 19.0 Å². The van der Waals surface area contributed by atoms with E-state index >= 15 is 0 Å². The standard InChI is InChI=1S/C28H36F3N7O2/c1-5-25(39)38-16-15-37(19-22(38)10-12-32)26-23-11-14-36(13-8-6-7-9-21(2)28(29,30)31)20-24(23)33-27(34-26)40-18-17-35(3)4/h5-9,13,22H,1,10-11,14-20H2,2-4H3/b7-6-,13-8+,21-9+. The summed E-state index contributed by atoms with van der Waals surface area (Å²) in [5.74, 6) is 0.549. The SMILES string of the molecule is C=CC(=O)N1CCN(c2nc(OCCN(C)C)nc3c2CCN(/C=C/C=C\C=C(/C)C(F)(F)F)C3)CC1CC#N. The van der Waals surface area contributed by atoms with E-state index < -0.39 is 11.7 Å². The molecule has 0 bridgehead atoms. The molecule has 1 aromatic heterocycles. The molecule has 1 amide bonds. The molecule has 0 N–H and O–H groups in total. The van der Waals surface area contributed by atoms with Gasteiger partial charge >= 0.3 is 12.2 Å². The molecule has 1 atom stereocenters. The van der Waals surface area contributed by atoms with Gasteiger partial charge in [0.15, 0.2) is 0 Å². The lowest BCUT2D eigenvalue weighted by atomic mass is 10.0. The van der Waals surface area contributed by atoms with Crippen molar-refractivity contribution in [3.05, 3.63) is 60.0 Å². The summed E-state index contributed by atoms with van der Waals surface area (Å²) in [7, 11) is 3.89. The lowest BCUT2D eigenvalue weighted by Crippen LogP contribution is -2.55. The molecular weight excluding hydrogens is 523 g/mol. The lowest BCUT2D eigenvalue weighted by Gasteiger charge is -2.42. The average molecular weight is 560 g/mol. The number of rotatable bonds is 10. The molecule has 12 heteroatoms. The molecule has 1 aromatic rings. The third-order valence-corrected chi connectivity index (χ3v) is 6.70. The lowest BCUT2D eigenvalue weighted by molar-refractivity contribution is -0.128. The molecule has 3 heterocycles. The Labute approximate surface area is 233 Å². The molecule has 0 aliphatic carbocycles. The van der Waals surface area contributed by atoms with E-state index in [9.17, 15) is 23.2 Å². The van der Waals surface area contributed by atoms with Gasteiger partial charge in [-0.15, -0.1) is 0 Å². The van der Waals surface area contributed by atoms with E-state index in [1.807, 2.05) is 30.1 Å². The second-order valence-corrected chi connectivity index (χ2v) is 9.90. The number of carbonyl (C=O) groups excluding carboxylic acids is 1. The summed E-state index contributed by atoms with van der Waals surface area (Å²) in [6.45, 7) is 8.29. The van der Waals surface area contributed by atoms with Crippen molar-refractivity contribution in [2.75, 3.05) is 58.3 Å². The van der Waals surface area contributed by atoms with Gasteiger partial charge in [-0.05, 0) is 45.8 Å². The highest BCUT2D eigenvalue weighted by molar-refractivity contribution is 5.87. The molecule has 0 saturated carbocycles. The summed E-state index contributed by atoms with van der Waals surface area (Å²) in [6, 6.07) is 2.15. The second-order valence-electron chi connectivity index (χ2n) is 9.90. The molecule has 2 aliphatic heterocycles. The first-order valence-corrected chi connectivity index (χ1v) is 13.1. The minimum atomic E-state index is -4.34. The molecule has 40 heavy (non-hydrogen) atoms. The van der Waals surface area contributed by atoms with Gasteiger partial charge in [-0.3, -0.25) is 4.79 Å². The van der Waals surface area contributed by atoms with E-state index in [0.29, 0.717) is 52.3 Å². The van der Waals surface area contributed by atoms with Gasteiger partial charge in [-0.2, -0.15) is 28.4 Å². The highest BCUT2D eigenvalue weighted by Crippen LogP contribution is 2.31. The van der Waals surface area contributed by atoms with Gasteiger partial charge in [0.05, 0.1) is 30.8 Å². The normalized spacial score (nSPS) is 18.4. The Hall–Kier alpha value is -3.85. The van der Waals surface area contributed by atoms with E-state index in [1.165, 1.54) is 12.2 Å². The number of piperazine rings is 1. The third kappa shape index (κ3) is 8.32. The van der Waals surface area contributed by atoms with Crippen molar-refractivity contribution in [2.45, 2.75) is 38.5 Å². The van der Waals surface area contributed by atoms with Gasteiger partial charge < -0.3 is 24.3 Å². The number of fused-ring (bicyclic) bond motifs is 1. The van der Waals surface area contributed by atoms with Gasteiger partial charge in [0, 0.05) is 43.9 Å². The average Bonchev–Trinajstić information content (AvgIpc) is 2.91. The number of nitriles is 1. The van der Waals surface area contributed by atoms with E-state index in [0.717, 1.165) is 30.1 Å². The Morgan fingerprint density at radius 1 is 1.23 bits per heavy atom. The maximum Gasteiger partial charge on any atom is 0.412 e. The van der Waals surface area contributed by atoms with Crippen molar-refractivity contribution < 1.29 is 22.7 Å². The number of likely N-dealkylation sites (N-methyl/N-ethyl adjacent to an activating group) is 1. The number of nitrogens with zero attached hydrogens (tertiary/aromatic N) is 7. The predicted octanol–water partition coefficient (Wildman–Crippen LogP) is 3.47. The fraction of sp³-hybridized carbons (Fsp3) is 0.500. The van der Waals surface area contributed by atoms with E-state index in [4.69, 9.17) is 9.72 Å². The number of amides is 1. The van der Waals surface area contributed by atoms with Crippen LogP contribution in [0, 0.1) is 11.3 Å². The van der Waals surface area contributed by atoms with Gasteiger partial charge in [0.2, 0.25) is 5.91 Å². The van der Waals surface area contributed by atoms with E-state index in [1.54, 1.807) is 17.1 Å². The van der Waals surface area contributed by atoms with Crippen molar-refractivity contribution in [3.8, 4) is 12.1 Å². The largest absolute Gasteiger partial charge is 0.462 e. The Balaban J connectivity index is 1.83. The maximum absolute atomic E-state index is 12.6. The molecule has 1 fully saturated rings. The number of allylic oxidation sites excluding steroid dienone is 5. The molecule has 0 radical (unpaired) electrons. The number of halogens is 3. The summed E-state index contributed by atoms with van der Waals surface area (Å²) in [5.41, 5.74) is 1.13. The molecule has 2 aliphatic rings. The number of hydrogen-bond acceptors (Lipinski definition) is 8. The Morgan fingerprint density at radius 3 is 2.67 bits per heavy atom. The number of alkyl halides is 3. The number of anilines is 1. The number of hydrogen-bond donors (Lipinski definition) is 0. The first-order chi connectivity index (χ1) is 19.0. The van der Waals surface area contributed by atoms with Crippen LogP contribution in [0.3, 0.4) is 0 Å². The summed E-state index contributed by atoms with van der Waals surface area (Å²) in [6.07, 6.45) is 5.27. The van der Waals surface area contributed by atoms with Gasteiger partial charge in [-0.25, -0.2) is 0 Å². The molecule has 9 nitrogen and oxygen atoms in total. The van der Waals surface area contributed by atoms with Crippen LogP contribution in [-0.4, -0.2) is 96.2 Å². The molecular formula is C28H36F3N7O2. The smallest absolute Gasteiger partial charge is 0.412 e. The molecule has 0 aromatic carbocycles. The summed E-state index contributed by atoms with van der Waals surface area (Å²) < 4.78 is 43.8. The van der Waals surface area contributed by atoms with Gasteiger partial charge in [0.1, 0.15) is 12.4 Å². The summed E-state index contributed by atoms with van der Waals surface area (Å²) >= 11 is 0. The Morgan fingerprint density at radius 2 is 2.00 bits per heavy atom. The van der Waals surface area contributed by atoms with Gasteiger partial charge in [0.25, 0.3) is 0 Å². The fourth-order valence-corrected chi connectivity index (χ4v) is 4.45. The summed E-state index contributed by atoms with van der Waals surface area (Å²) in [5, 5.41) is 9.37. The third-order valence-electron chi connectivity index (χ3n) is 6.70. The van der Waals surface area contributed by atoms with Crippen LogP contribution in [-0.2, 0) is 17.8 Å². The highest BCUT2D eigenvalue weighted by atomic mass is 19.4. The molecule has 3 rings (SSSR count). The van der Waals surface area contributed by atoms with Crippen LogP contribution in [0.25, 0.3) is 0 Å². The number of aromatic nitrogens is 2. The van der Waals surface area contributed by atoms with Crippen molar-refractivity contribution in [2.24, 2.45) is 0 Å². The molecule has 216 valence electrons. The zero-order valence-corrected chi connectivity index (χ0v) is 23.2. The van der Waals surface area contributed by atoms with Crippen LogP contribution in [0.1, 0.15) is 24.6 Å². The minimum Gasteiger partial charge on any atom is -0.462 e. The van der Waals surface area contributed by atoms with E-state index in [-0.39, 0.29) is 24.4 Å². The van der Waals surface area contributed by atoms with Crippen LogP contribution in [0.2, 0.25) is 0 Å². The van der Waals surface area contributed by atoms with Crippen LogP contribution < -0.4 is 9.64 Å². The minimum absolute atomic E-state index is 0.194. The quantitative estimate of drug-likeness (QED) is 0.318. The zero-order chi connectivity index (χ0) is 29.3. The topological polar surface area (TPSA) is 88.8 Å². The molecule has 1 saturated heterocycles. The van der Waals surface area contributed by atoms with Crippen molar-refractivity contribution >= 4 is 11.7 Å². The Kier molecular flexibility index (Phi) is 10.7. The van der Waals surface area contributed by atoms with E-state index in [2.05, 4.69) is 22.5 Å².